The summed E-state index contributed by atoms with van der Waals surface area (Å²) in [5, 5.41) is 3.15. The summed E-state index contributed by atoms with van der Waals surface area (Å²) in [7, 11) is 2.92. The van der Waals surface area contributed by atoms with Gasteiger partial charge in [0.2, 0.25) is 0 Å². The van der Waals surface area contributed by atoms with Crippen LogP contribution in [-0.4, -0.2) is 20.0 Å². The highest BCUT2D eigenvalue weighted by Gasteiger charge is 2.16. The molecule has 0 saturated carbocycles. The first-order valence-electron chi connectivity index (χ1n) is 7.92. The summed E-state index contributed by atoms with van der Waals surface area (Å²) in [5.74, 6) is -0.379. The van der Waals surface area contributed by atoms with Crippen LogP contribution in [0, 0.1) is 0 Å². The van der Waals surface area contributed by atoms with E-state index in [4.69, 9.17) is 0 Å². The highest BCUT2D eigenvalue weighted by Crippen LogP contribution is 2.17. The van der Waals surface area contributed by atoms with Crippen molar-refractivity contribution < 1.29 is 4.79 Å². The number of hydrogen-bond donors (Lipinski definition) is 1. The number of carbonyl (C=O) groups is 1. The Bertz CT molecular complexity index is 1120. The number of amides is 1. The summed E-state index contributed by atoms with van der Waals surface area (Å²) in [6.07, 6.45) is 0. The topological polar surface area (TPSA) is 86.0 Å². The third-order valence-electron chi connectivity index (χ3n) is 4.25. The maximum absolute atomic E-state index is 12.5. The number of nitrogens with zero attached hydrogens (tertiary/aromatic N) is 3. The van der Waals surface area contributed by atoms with Gasteiger partial charge in [-0.3, -0.25) is 18.7 Å². The second-order valence-electron chi connectivity index (χ2n) is 6.02. The second kappa shape index (κ2) is 6.87. The molecule has 0 radical (unpaired) electrons. The van der Waals surface area contributed by atoms with Crippen LogP contribution in [0.25, 0.3) is 11.0 Å². The van der Waals surface area contributed by atoms with Gasteiger partial charge in [0.15, 0.2) is 0 Å². The first-order chi connectivity index (χ1) is 12.3. The normalized spacial score (nSPS) is 12.2. The van der Waals surface area contributed by atoms with Crippen LogP contribution >= 0.6 is 15.9 Å². The van der Waals surface area contributed by atoms with Crippen molar-refractivity contribution in [2.45, 2.75) is 13.0 Å². The van der Waals surface area contributed by atoms with Crippen molar-refractivity contribution in [3.8, 4) is 0 Å². The van der Waals surface area contributed by atoms with Gasteiger partial charge in [0.05, 0.1) is 11.4 Å². The maximum Gasteiger partial charge on any atom is 0.332 e. The van der Waals surface area contributed by atoms with Gasteiger partial charge in [-0.05, 0) is 36.8 Å². The monoisotopic (exact) mass is 416 g/mol. The molecule has 1 unspecified atom stereocenters. The number of aryl methyl sites for hydroxylation is 1. The van der Waals surface area contributed by atoms with Crippen molar-refractivity contribution in [1.82, 2.24) is 19.4 Å². The van der Waals surface area contributed by atoms with Crippen LogP contribution in [0.1, 0.15) is 29.0 Å². The molecular weight excluding hydrogens is 400 g/mol. The summed E-state index contributed by atoms with van der Waals surface area (Å²) < 4.78 is 3.23. The Morgan fingerprint density at radius 1 is 1.08 bits per heavy atom. The van der Waals surface area contributed by atoms with Crippen molar-refractivity contribution >= 4 is 32.9 Å². The van der Waals surface area contributed by atoms with Gasteiger partial charge >= 0.3 is 5.69 Å². The van der Waals surface area contributed by atoms with Crippen LogP contribution < -0.4 is 16.6 Å². The van der Waals surface area contributed by atoms with E-state index in [1.54, 1.807) is 0 Å². The van der Waals surface area contributed by atoms with Crippen LogP contribution in [0.4, 0.5) is 0 Å². The molecule has 2 heterocycles. The average molecular weight is 417 g/mol. The van der Waals surface area contributed by atoms with Gasteiger partial charge in [-0.1, -0.05) is 28.1 Å². The molecule has 0 bridgehead atoms. The van der Waals surface area contributed by atoms with E-state index >= 15 is 0 Å². The maximum atomic E-state index is 12.5. The van der Waals surface area contributed by atoms with Gasteiger partial charge < -0.3 is 5.32 Å². The summed E-state index contributed by atoms with van der Waals surface area (Å²) in [4.78, 5) is 41.0. The number of carbonyl (C=O) groups excluding carboxylic acids is 1. The Kier molecular flexibility index (Phi) is 4.78. The Morgan fingerprint density at radius 2 is 1.73 bits per heavy atom. The predicted molar refractivity (Wildman–Crippen MR) is 102 cm³/mol. The minimum atomic E-state index is -0.490. The predicted octanol–water partition coefficient (Wildman–Crippen LogP) is 1.89. The van der Waals surface area contributed by atoms with E-state index in [1.807, 2.05) is 31.2 Å². The van der Waals surface area contributed by atoms with Crippen molar-refractivity contribution in [2.75, 3.05) is 0 Å². The van der Waals surface area contributed by atoms with Gasteiger partial charge in [0.1, 0.15) is 11.3 Å². The molecule has 1 atom stereocenters. The fraction of sp³-hybridized carbons (Fsp3) is 0.222. The summed E-state index contributed by atoms with van der Waals surface area (Å²) in [6, 6.07) is 10.4. The quantitative estimate of drug-likeness (QED) is 0.705. The van der Waals surface area contributed by atoms with E-state index in [2.05, 4.69) is 26.2 Å². The Labute approximate surface area is 157 Å². The van der Waals surface area contributed by atoms with Crippen LogP contribution in [0.5, 0.6) is 0 Å². The molecule has 7 nitrogen and oxygen atoms in total. The number of benzene rings is 1. The lowest BCUT2D eigenvalue weighted by Crippen LogP contribution is -2.37. The molecule has 0 aliphatic heterocycles. The van der Waals surface area contributed by atoms with E-state index < -0.39 is 11.2 Å². The number of pyridine rings is 1. The van der Waals surface area contributed by atoms with Crippen LogP contribution in [0.2, 0.25) is 0 Å². The standard InChI is InChI=1S/C18H17BrN4O3/c1-10(11-4-6-12(19)7-5-11)20-16(24)14-9-8-13-15(21-14)22(2)18(26)23(3)17(13)25/h4-10H,1-3H3,(H,20,24). The van der Waals surface area contributed by atoms with Crippen LogP contribution in [0.3, 0.4) is 0 Å². The fourth-order valence-electron chi connectivity index (χ4n) is 2.69. The zero-order valence-corrected chi connectivity index (χ0v) is 16.1. The fourth-order valence-corrected chi connectivity index (χ4v) is 2.95. The summed E-state index contributed by atoms with van der Waals surface area (Å²) in [5.41, 5.74) is 0.344. The average Bonchev–Trinajstić information content (AvgIpc) is 2.64. The molecule has 8 heteroatoms. The SMILES string of the molecule is CC(NC(=O)c1ccc2c(=O)n(C)c(=O)n(C)c2n1)c1ccc(Br)cc1. The Morgan fingerprint density at radius 3 is 2.38 bits per heavy atom. The highest BCUT2D eigenvalue weighted by atomic mass is 79.9. The smallest absolute Gasteiger partial charge is 0.332 e. The molecule has 0 aliphatic carbocycles. The molecule has 2 aromatic heterocycles. The molecule has 134 valence electrons. The third-order valence-corrected chi connectivity index (χ3v) is 4.78. The van der Waals surface area contributed by atoms with Crippen molar-refractivity contribution in [3.63, 3.8) is 0 Å². The molecule has 0 aliphatic rings. The van der Waals surface area contributed by atoms with Gasteiger partial charge in [-0.2, -0.15) is 0 Å². The minimum Gasteiger partial charge on any atom is -0.344 e. The van der Waals surface area contributed by atoms with Crippen molar-refractivity contribution in [2.24, 2.45) is 14.1 Å². The molecule has 26 heavy (non-hydrogen) atoms. The molecule has 3 rings (SSSR count). The van der Waals surface area contributed by atoms with Crippen molar-refractivity contribution in [3.05, 3.63) is 73.0 Å². The lowest BCUT2D eigenvalue weighted by Gasteiger charge is -2.14. The van der Waals surface area contributed by atoms with Crippen LogP contribution in [0.15, 0.2) is 50.5 Å². The van der Waals surface area contributed by atoms with Gasteiger partial charge in [-0.25, -0.2) is 9.78 Å². The van der Waals surface area contributed by atoms with Gasteiger partial charge in [0.25, 0.3) is 11.5 Å². The highest BCUT2D eigenvalue weighted by molar-refractivity contribution is 9.10. The number of aromatic nitrogens is 3. The second-order valence-corrected chi connectivity index (χ2v) is 6.94. The van der Waals surface area contributed by atoms with E-state index in [0.717, 1.165) is 14.6 Å². The Hall–Kier alpha value is -2.74. The number of rotatable bonds is 3. The molecule has 0 saturated heterocycles. The van der Waals surface area contributed by atoms with Gasteiger partial charge in [-0.15, -0.1) is 0 Å². The van der Waals surface area contributed by atoms with E-state index in [1.165, 1.54) is 30.8 Å². The first kappa shape index (κ1) is 18.1. The summed E-state index contributed by atoms with van der Waals surface area (Å²) >= 11 is 3.38. The zero-order valence-electron chi connectivity index (χ0n) is 14.5. The van der Waals surface area contributed by atoms with E-state index in [-0.39, 0.29) is 28.7 Å². The molecule has 0 spiro atoms. The van der Waals surface area contributed by atoms with Crippen LogP contribution in [-0.2, 0) is 14.1 Å². The van der Waals surface area contributed by atoms with Crippen molar-refractivity contribution in [1.29, 1.82) is 0 Å². The lowest BCUT2D eigenvalue weighted by atomic mass is 10.1. The minimum absolute atomic E-state index is 0.143. The number of hydrogen-bond acceptors (Lipinski definition) is 4. The first-order valence-corrected chi connectivity index (χ1v) is 8.72. The third kappa shape index (κ3) is 3.20. The lowest BCUT2D eigenvalue weighted by molar-refractivity contribution is 0.0935. The van der Waals surface area contributed by atoms with E-state index in [0.29, 0.717) is 0 Å². The zero-order chi connectivity index (χ0) is 19.0. The van der Waals surface area contributed by atoms with E-state index in [9.17, 15) is 14.4 Å². The van der Waals surface area contributed by atoms with Gasteiger partial charge in [0, 0.05) is 18.6 Å². The molecule has 1 N–H and O–H groups in total. The molecule has 1 aromatic carbocycles. The number of halogens is 1. The molecule has 1 amide bonds. The molecular formula is C18H17BrN4O3. The molecule has 3 aromatic rings. The number of fused-ring (bicyclic) bond motifs is 1. The summed E-state index contributed by atoms with van der Waals surface area (Å²) in [6.45, 7) is 1.87. The largest absolute Gasteiger partial charge is 0.344 e. The number of nitrogens with one attached hydrogen (secondary N) is 1. The molecule has 0 fully saturated rings. The Balaban J connectivity index is 1.95.